The second kappa shape index (κ2) is 5.24. The number of rotatable bonds is 2. The van der Waals surface area contributed by atoms with Crippen molar-refractivity contribution in [1.29, 1.82) is 0 Å². The fourth-order valence-electron chi connectivity index (χ4n) is 2.82. The average molecular weight is 302 g/mol. The predicted octanol–water partition coefficient (Wildman–Crippen LogP) is 2.53. The highest BCUT2D eigenvalue weighted by atomic mass is 32.2. The first-order valence-electron chi connectivity index (χ1n) is 6.99. The fraction of sp³-hybridized carbons (Fsp3) is 0.312. The number of aryl methyl sites for hydroxylation is 1. The molecule has 1 aromatic carbocycles. The fourth-order valence-corrected chi connectivity index (χ4v) is 4.60. The molecule has 1 aliphatic heterocycles. The molecule has 21 heavy (non-hydrogen) atoms. The molecule has 0 fully saturated rings. The molecule has 1 aliphatic rings. The summed E-state index contributed by atoms with van der Waals surface area (Å²) in [5.41, 5.74) is 3.05. The van der Waals surface area contributed by atoms with Crippen LogP contribution in [0.25, 0.3) is 0 Å². The van der Waals surface area contributed by atoms with Crippen LogP contribution in [0.4, 0.5) is 0 Å². The van der Waals surface area contributed by atoms with E-state index >= 15 is 0 Å². The molecule has 3 rings (SSSR count). The molecule has 0 N–H and O–H groups in total. The third-order valence-corrected chi connectivity index (χ3v) is 6.12. The van der Waals surface area contributed by atoms with Crippen LogP contribution in [0.3, 0.4) is 0 Å². The Labute approximate surface area is 125 Å². The van der Waals surface area contributed by atoms with Gasteiger partial charge >= 0.3 is 0 Å². The second-order valence-electron chi connectivity index (χ2n) is 5.51. The van der Waals surface area contributed by atoms with Crippen molar-refractivity contribution in [3.63, 3.8) is 0 Å². The van der Waals surface area contributed by atoms with Crippen molar-refractivity contribution in [3.05, 3.63) is 59.4 Å². The van der Waals surface area contributed by atoms with Gasteiger partial charge in [-0.1, -0.05) is 24.3 Å². The summed E-state index contributed by atoms with van der Waals surface area (Å²) in [6, 6.07) is 9.71. The van der Waals surface area contributed by atoms with Crippen molar-refractivity contribution in [1.82, 2.24) is 9.29 Å². The van der Waals surface area contributed by atoms with Gasteiger partial charge in [-0.05, 0) is 43.0 Å². The molecule has 0 spiro atoms. The molecule has 1 atom stereocenters. The first kappa shape index (κ1) is 14.2. The van der Waals surface area contributed by atoms with Crippen molar-refractivity contribution in [2.24, 2.45) is 0 Å². The Hall–Kier alpha value is -1.72. The lowest BCUT2D eigenvalue weighted by atomic mass is 9.97. The van der Waals surface area contributed by atoms with E-state index in [-0.39, 0.29) is 6.04 Å². The summed E-state index contributed by atoms with van der Waals surface area (Å²) in [6.07, 6.45) is 3.80. The summed E-state index contributed by atoms with van der Waals surface area (Å²) in [5, 5.41) is 0. The van der Waals surface area contributed by atoms with Gasteiger partial charge in [0.25, 0.3) is 0 Å². The normalized spacial score (nSPS) is 19.2. The molecule has 0 bridgehead atoms. The largest absolute Gasteiger partial charge is 0.263 e. The standard InChI is InChI=1S/C16H18N2O2S/c1-12-7-8-17-10-16(12)21(19,20)18-11-15-6-4-3-5-14(15)9-13(18)2/h3-8,10,13H,9,11H2,1-2H3. The Morgan fingerprint density at radius 2 is 1.90 bits per heavy atom. The van der Waals surface area contributed by atoms with E-state index in [2.05, 4.69) is 11.1 Å². The molecule has 0 radical (unpaired) electrons. The van der Waals surface area contributed by atoms with Gasteiger partial charge in [0.2, 0.25) is 10.0 Å². The number of hydrogen-bond acceptors (Lipinski definition) is 3. The number of sulfonamides is 1. The highest BCUT2D eigenvalue weighted by Crippen LogP contribution is 2.29. The zero-order valence-corrected chi connectivity index (χ0v) is 13.0. The van der Waals surface area contributed by atoms with Crippen molar-refractivity contribution < 1.29 is 8.42 Å². The van der Waals surface area contributed by atoms with Gasteiger partial charge in [0, 0.05) is 25.0 Å². The molecular weight excluding hydrogens is 284 g/mol. The van der Waals surface area contributed by atoms with Crippen LogP contribution < -0.4 is 0 Å². The Bertz CT molecular complexity index is 771. The summed E-state index contributed by atoms with van der Waals surface area (Å²) in [5.74, 6) is 0. The van der Waals surface area contributed by atoms with Gasteiger partial charge in [-0.25, -0.2) is 8.42 Å². The lowest BCUT2D eigenvalue weighted by molar-refractivity contribution is 0.309. The molecule has 2 aromatic rings. The van der Waals surface area contributed by atoms with Gasteiger partial charge in [0.15, 0.2) is 0 Å². The maximum atomic E-state index is 12.9. The number of benzene rings is 1. The molecule has 110 valence electrons. The van der Waals surface area contributed by atoms with Gasteiger partial charge in [-0.15, -0.1) is 0 Å². The molecular formula is C16H18N2O2S. The number of aromatic nitrogens is 1. The highest BCUT2D eigenvalue weighted by Gasteiger charge is 2.34. The van der Waals surface area contributed by atoms with Gasteiger partial charge in [-0.2, -0.15) is 4.31 Å². The zero-order chi connectivity index (χ0) is 15.0. The zero-order valence-electron chi connectivity index (χ0n) is 12.2. The molecule has 5 heteroatoms. The number of hydrogen-bond donors (Lipinski definition) is 0. The van der Waals surface area contributed by atoms with Crippen LogP contribution in [0.5, 0.6) is 0 Å². The number of nitrogens with zero attached hydrogens (tertiary/aromatic N) is 2. The van der Waals surface area contributed by atoms with Gasteiger partial charge in [0.05, 0.1) is 0 Å². The quantitative estimate of drug-likeness (QED) is 0.856. The van der Waals surface area contributed by atoms with E-state index in [1.165, 1.54) is 11.8 Å². The molecule has 0 aliphatic carbocycles. The summed E-state index contributed by atoms with van der Waals surface area (Å²) in [4.78, 5) is 4.27. The number of pyridine rings is 1. The summed E-state index contributed by atoms with van der Waals surface area (Å²) in [7, 11) is -3.51. The minimum atomic E-state index is -3.51. The van der Waals surface area contributed by atoms with E-state index in [4.69, 9.17) is 0 Å². The van der Waals surface area contributed by atoms with Gasteiger partial charge in [-0.3, -0.25) is 4.98 Å². The molecule has 4 nitrogen and oxygen atoms in total. The Kier molecular flexibility index (Phi) is 3.55. The number of fused-ring (bicyclic) bond motifs is 1. The van der Waals surface area contributed by atoms with Crippen molar-refractivity contribution in [2.75, 3.05) is 0 Å². The first-order chi connectivity index (χ1) is 10.00. The molecule has 0 saturated carbocycles. The smallest absolute Gasteiger partial charge is 0.245 e. The summed E-state index contributed by atoms with van der Waals surface area (Å²) in [6.45, 7) is 4.18. The molecule has 0 saturated heterocycles. The van der Waals surface area contributed by atoms with Crippen molar-refractivity contribution >= 4 is 10.0 Å². The highest BCUT2D eigenvalue weighted by molar-refractivity contribution is 7.89. The molecule has 0 amide bonds. The molecule has 1 unspecified atom stereocenters. The SMILES string of the molecule is Cc1ccncc1S(=O)(=O)N1Cc2ccccc2CC1C. The minimum Gasteiger partial charge on any atom is -0.263 e. The van der Waals surface area contributed by atoms with Crippen molar-refractivity contribution in [2.45, 2.75) is 37.8 Å². The Balaban J connectivity index is 2.03. The lowest BCUT2D eigenvalue weighted by Gasteiger charge is -2.34. The lowest BCUT2D eigenvalue weighted by Crippen LogP contribution is -2.42. The van der Waals surface area contributed by atoms with Crippen LogP contribution >= 0.6 is 0 Å². The first-order valence-corrected chi connectivity index (χ1v) is 8.43. The van der Waals surface area contributed by atoms with Gasteiger partial charge in [0.1, 0.15) is 4.90 Å². The maximum Gasteiger partial charge on any atom is 0.245 e. The van der Waals surface area contributed by atoms with Crippen LogP contribution in [0.15, 0.2) is 47.6 Å². The van der Waals surface area contributed by atoms with E-state index in [1.807, 2.05) is 25.1 Å². The van der Waals surface area contributed by atoms with Crippen LogP contribution in [0, 0.1) is 6.92 Å². The van der Waals surface area contributed by atoms with E-state index in [0.717, 1.165) is 17.5 Å². The monoisotopic (exact) mass is 302 g/mol. The Morgan fingerprint density at radius 1 is 1.19 bits per heavy atom. The van der Waals surface area contributed by atoms with E-state index in [9.17, 15) is 8.42 Å². The van der Waals surface area contributed by atoms with Gasteiger partial charge < -0.3 is 0 Å². The van der Waals surface area contributed by atoms with E-state index in [1.54, 1.807) is 23.5 Å². The topological polar surface area (TPSA) is 50.3 Å². The average Bonchev–Trinajstić information content (AvgIpc) is 2.46. The van der Waals surface area contributed by atoms with Crippen molar-refractivity contribution in [3.8, 4) is 0 Å². The van der Waals surface area contributed by atoms with E-state index < -0.39 is 10.0 Å². The minimum absolute atomic E-state index is 0.0514. The predicted molar refractivity (Wildman–Crippen MR) is 81.3 cm³/mol. The molecule has 2 heterocycles. The van der Waals surface area contributed by atoms with E-state index in [0.29, 0.717) is 11.4 Å². The second-order valence-corrected chi connectivity index (χ2v) is 7.37. The maximum absolute atomic E-state index is 12.9. The Morgan fingerprint density at radius 3 is 2.62 bits per heavy atom. The van der Waals surface area contributed by atoms with Crippen LogP contribution in [-0.2, 0) is 23.0 Å². The third kappa shape index (κ3) is 2.47. The summed E-state index contributed by atoms with van der Waals surface area (Å²) >= 11 is 0. The summed E-state index contributed by atoms with van der Waals surface area (Å²) < 4.78 is 27.4. The van der Waals surface area contributed by atoms with Crippen LogP contribution in [0.2, 0.25) is 0 Å². The molecule has 1 aromatic heterocycles. The third-order valence-electron chi connectivity index (χ3n) is 4.03. The van der Waals surface area contributed by atoms with Crippen LogP contribution in [0.1, 0.15) is 23.6 Å². The van der Waals surface area contributed by atoms with Crippen LogP contribution in [-0.4, -0.2) is 23.7 Å².